The van der Waals surface area contributed by atoms with Gasteiger partial charge in [0, 0.05) is 19.3 Å². The van der Waals surface area contributed by atoms with Crippen LogP contribution < -0.4 is 0 Å². The third-order valence-electron chi connectivity index (χ3n) is 8.49. The minimum absolute atomic E-state index is 0.0482. The van der Waals surface area contributed by atoms with Gasteiger partial charge in [0.05, 0.1) is 34.4 Å². The number of ether oxygens (including phenoxy) is 3. The van der Waals surface area contributed by atoms with Crippen LogP contribution in [0.25, 0.3) is 0 Å². The predicted octanol–water partition coefficient (Wildman–Crippen LogP) is 10.1. The Bertz CT molecular complexity index is 964. The Hall–Kier alpha value is -2.71. The summed E-state index contributed by atoms with van der Waals surface area (Å²) in [6.07, 6.45) is 37.2. The second-order valence-corrected chi connectivity index (χ2v) is 14.2. The zero-order valence-electron chi connectivity index (χ0n) is 32.6. The first kappa shape index (κ1) is 47.3. The number of carboxylic acids is 1. The summed E-state index contributed by atoms with van der Waals surface area (Å²) in [4.78, 5) is 36.8. The molecule has 0 fully saturated rings. The number of carboxylic acid groups (broad SMARTS) is 1. The Morgan fingerprint density at radius 1 is 0.620 bits per heavy atom. The largest absolute Gasteiger partial charge is 0.477 e. The lowest BCUT2D eigenvalue weighted by Crippen LogP contribution is -2.50. The van der Waals surface area contributed by atoms with Crippen LogP contribution in [0.5, 0.6) is 0 Å². The Kier molecular flexibility index (Phi) is 31.6. The number of carbonyl (C=O) groups excluding carboxylic acids is 2. The first-order chi connectivity index (χ1) is 24.1. The molecule has 0 aliphatic heterocycles. The third-order valence-corrected chi connectivity index (χ3v) is 8.49. The molecule has 0 amide bonds. The molecule has 0 radical (unpaired) electrons. The summed E-state index contributed by atoms with van der Waals surface area (Å²) in [5.74, 6) is -1.51. The molecule has 8 nitrogen and oxygen atoms in total. The van der Waals surface area contributed by atoms with E-state index in [1.807, 2.05) is 21.1 Å². The third kappa shape index (κ3) is 31.3. The van der Waals surface area contributed by atoms with E-state index in [4.69, 9.17) is 14.2 Å². The Morgan fingerprint density at radius 3 is 1.66 bits per heavy atom. The van der Waals surface area contributed by atoms with Gasteiger partial charge >= 0.3 is 17.9 Å². The number of hydrogen-bond donors (Lipinski definition) is 1. The molecule has 0 rings (SSSR count). The highest BCUT2D eigenvalue weighted by Crippen LogP contribution is 2.13. The molecule has 0 saturated heterocycles. The van der Waals surface area contributed by atoms with Gasteiger partial charge < -0.3 is 23.8 Å². The fourth-order valence-corrected chi connectivity index (χ4v) is 5.43. The summed E-state index contributed by atoms with van der Waals surface area (Å²) in [6.45, 7) is 4.56. The van der Waals surface area contributed by atoms with Crippen LogP contribution in [0.3, 0.4) is 0 Å². The van der Waals surface area contributed by atoms with E-state index in [1.165, 1.54) is 44.9 Å². The molecule has 0 aliphatic rings. The lowest BCUT2D eigenvalue weighted by Gasteiger charge is -2.31. The first-order valence-corrected chi connectivity index (χ1v) is 19.7. The molecule has 0 aliphatic carbocycles. The number of allylic oxidation sites excluding steroid dienone is 8. The Balaban J connectivity index is 4.47. The number of unbranched alkanes of at least 4 members (excludes halogenated alkanes) is 12. The van der Waals surface area contributed by atoms with Crippen molar-refractivity contribution in [3.05, 3.63) is 48.6 Å². The van der Waals surface area contributed by atoms with Crippen LogP contribution in [-0.4, -0.2) is 80.6 Å². The molecule has 2 unspecified atom stereocenters. The van der Waals surface area contributed by atoms with Gasteiger partial charge in [0.25, 0.3) is 0 Å². The van der Waals surface area contributed by atoms with Gasteiger partial charge in [-0.05, 0) is 51.4 Å². The van der Waals surface area contributed by atoms with Crippen LogP contribution >= 0.6 is 0 Å². The highest BCUT2D eigenvalue weighted by atomic mass is 16.6. The summed E-state index contributed by atoms with van der Waals surface area (Å²) in [7, 11) is 5.50. The van der Waals surface area contributed by atoms with E-state index in [-0.39, 0.29) is 36.2 Å². The van der Waals surface area contributed by atoms with Gasteiger partial charge in [-0.15, -0.1) is 0 Å². The Morgan fingerprint density at radius 2 is 1.12 bits per heavy atom. The minimum Gasteiger partial charge on any atom is -0.477 e. The Labute approximate surface area is 306 Å². The fourth-order valence-electron chi connectivity index (χ4n) is 5.43. The average Bonchev–Trinajstić information content (AvgIpc) is 3.06. The molecule has 1 N–H and O–H groups in total. The molecule has 0 heterocycles. The first-order valence-electron chi connectivity index (χ1n) is 19.7. The zero-order valence-corrected chi connectivity index (χ0v) is 32.6. The minimum atomic E-state index is -0.882. The van der Waals surface area contributed by atoms with E-state index in [0.717, 1.165) is 70.6 Å². The van der Waals surface area contributed by atoms with Crippen LogP contribution in [-0.2, 0) is 28.6 Å². The number of aliphatic carboxylic acids is 1. The van der Waals surface area contributed by atoms with Crippen molar-refractivity contribution in [3.8, 4) is 0 Å². The van der Waals surface area contributed by atoms with E-state index in [2.05, 4.69) is 62.5 Å². The van der Waals surface area contributed by atoms with Crippen molar-refractivity contribution in [1.29, 1.82) is 0 Å². The van der Waals surface area contributed by atoms with Crippen molar-refractivity contribution >= 4 is 17.9 Å². The van der Waals surface area contributed by atoms with Crippen molar-refractivity contribution < 1.29 is 38.2 Å². The fraction of sp³-hybridized carbons (Fsp3) is 0.738. The molecular weight excluding hydrogens is 630 g/mol. The number of esters is 2. The maximum atomic E-state index is 12.7. The van der Waals surface area contributed by atoms with Gasteiger partial charge in [0.2, 0.25) is 0 Å². The predicted molar refractivity (Wildman–Crippen MR) is 206 cm³/mol. The normalized spacial score (nSPS) is 13.5. The lowest BCUT2D eigenvalue weighted by molar-refractivity contribution is -0.887. The molecule has 0 aromatic rings. The monoisotopic (exact) mass is 705 g/mol. The number of likely N-dealkylation sites (N-methyl/N-ethyl adjacent to an activating group) is 1. The van der Waals surface area contributed by atoms with Gasteiger partial charge in [0.15, 0.2) is 12.1 Å². The number of carbonyl (C=O) groups is 3. The van der Waals surface area contributed by atoms with E-state index < -0.39 is 18.1 Å². The van der Waals surface area contributed by atoms with Gasteiger partial charge in [-0.3, -0.25) is 9.59 Å². The second-order valence-electron chi connectivity index (χ2n) is 14.2. The molecule has 0 aromatic heterocycles. The molecular formula is C42H74NO7+. The number of hydrogen-bond acceptors (Lipinski definition) is 6. The molecule has 50 heavy (non-hydrogen) atoms. The van der Waals surface area contributed by atoms with Crippen LogP contribution in [0.1, 0.15) is 149 Å². The van der Waals surface area contributed by atoms with Crippen LogP contribution in [0.15, 0.2) is 48.6 Å². The second kappa shape index (κ2) is 33.4. The highest BCUT2D eigenvalue weighted by molar-refractivity contribution is 5.72. The van der Waals surface area contributed by atoms with Crippen LogP contribution in [0.2, 0.25) is 0 Å². The van der Waals surface area contributed by atoms with Crippen molar-refractivity contribution in [2.24, 2.45) is 0 Å². The number of nitrogens with zero attached hydrogens (tertiary/aromatic N) is 1. The van der Waals surface area contributed by atoms with Crippen molar-refractivity contribution in [2.45, 2.75) is 161 Å². The molecule has 0 bridgehead atoms. The maximum Gasteiger partial charge on any atom is 0.362 e. The molecule has 0 saturated carbocycles. The summed E-state index contributed by atoms with van der Waals surface area (Å²) in [5, 5.41) is 9.58. The number of rotatable bonds is 34. The van der Waals surface area contributed by atoms with Crippen molar-refractivity contribution in [1.82, 2.24) is 0 Å². The summed E-state index contributed by atoms with van der Waals surface area (Å²) in [6, 6.07) is -0.619. The van der Waals surface area contributed by atoms with Gasteiger partial charge in [-0.2, -0.15) is 0 Å². The standard InChI is InChI=1S/C42H73NO7/c1-6-8-10-12-14-16-18-19-20-21-22-23-25-27-29-31-33-41(45)50-38(36-48-35-34-39(42(46)47)43(3,4)5)37-49-40(44)32-30-28-26-24-17-15-13-11-9-7-2/h8,10,14,16,19-20,22-23,38-39H,6-7,9,11-13,15,17-18,21,24-37H2,1-5H3/p+1/b10-8+,16-14+,20-19+,23-22+. The molecule has 0 aromatic carbocycles. The van der Waals surface area contributed by atoms with Crippen LogP contribution in [0.4, 0.5) is 0 Å². The van der Waals surface area contributed by atoms with Gasteiger partial charge in [-0.1, -0.05) is 127 Å². The quantitative estimate of drug-likeness (QED) is 0.0308. The molecule has 288 valence electrons. The van der Waals surface area contributed by atoms with Crippen molar-refractivity contribution in [2.75, 3.05) is 41.0 Å². The maximum absolute atomic E-state index is 12.7. The summed E-state index contributed by atoms with van der Waals surface area (Å²) < 4.78 is 17.2. The SMILES string of the molecule is CC/C=C/C/C=C/C/C=C/C/C=C/CCCCCC(=O)OC(COCCC(C(=O)O)[N+](C)(C)C)COC(=O)CCCCCCCCCCCC. The van der Waals surface area contributed by atoms with Crippen molar-refractivity contribution in [3.63, 3.8) is 0 Å². The van der Waals surface area contributed by atoms with Gasteiger partial charge in [-0.25, -0.2) is 4.79 Å². The van der Waals surface area contributed by atoms with E-state index in [0.29, 0.717) is 19.3 Å². The van der Waals surface area contributed by atoms with Crippen LogP contribution in [0, 0.1) is 0 Å². The topological polar surface area (TPSA) is 99.1 Å². The van der Waals surface area contributed by atoms with E-state index in [9.17, 15) is 19.5 Å². The average molecular weight is 705 g/mol. The smallest absolute Gasteiger partial charge is 0.362 e. The van der Waals surface area contributed by atoms with E-state index >= 15 is 0 Å². The lowest BCUT2D eigenvalue weighted by atomic mass is 10.1. The van der Waals surface area contributed by atoms with E-state index in [1.54, 1.807) is 0 Å². The zero-order chi connectivity index (χ0) is 37.1. The number of quaternary nitrogens is 1. The summed E-state index contributed by atoms with van der Waals surface area (Å²) >= 11 is 0. The summed E-state index contributed by atoms with van der Waals surface area (Å²) in [5.41, 5.74) is 0. The molecule has 0 spiro atoms. The highest BCUT2D eigenvalue weighted by Gasteiger charge is 2.31. The molecule has 2 atom stereocenters. The van der Waals surface area contributed by atoms with Gasteiger partial charge in [0.1, 0.15) is 6.61 Å². The molecule has 8 heteroatoms.